The molecule has 0 fully saturated rings. The van der Waals surface area contributed by atoms with E-state index in [0.717, 1.165) is 0 Å². The molecule has 20 heavy (non-hydrogen) atoms. The first-order valence-corrected chi connectivity index (χ1v) is 6.28. The Morgan fingerprint density at radius 2 is 2.55 bits per heavy atom. The van der Waals surface area contributed by atoms with E-state index in [1.807, 2.05) is 0 Å². The maximum Gasteiger partial charge on any atom is 0.343 e. The van der Waals surface area contributed by atoms with Crippen LogP contribution >= 0.6 is 0 Å². The van der Waals surface area contributed by atoms with Crippen LogP contribution in [0, 0.1) is 0 Å². The summed E-state index contributed by atoms with van der Waals surface area (Å²) >= 11 is 0. The van der Waals surface area contributed by atoms with Crippen LogP contribution in [-0.4, -0.2) is 51.5 Å². The zero-order valence-corrected chi connectivity index (χ0v) is 10.9. The van der Waals surface area contributed by atoms with Gasteiger partial charge in [0.05, 0.1) is 31.6 Å². The molecule has 3 heterocycles. The molecule has 0 amide bonds. The van der Waals surface area contributed by atoms with E-state index in [9.17, 15) is 4.79 Å². The molecule has 0 unspecified atom stereocenters. The number of nitrogens with one attached hydrogen (secondary N) is 1. The number of rotatable bonds is 3. The van der Waals surface area contributed by atoms with E-state index in [1.54, 1.807) is 13.1 Å². The molecule has 8 nitrogen and oxygen atoms in total. The van der Waals surface area contributed by atoms with Crippen molar-refractivity contribution in [1.82, 2.24) is 14.6 Å². The van der Waals surface area contributed by atoms with E-state index < -0.39 is 5.97 Å². The molecule has 0 bridgehead atoms. The summed E-state index contributed by atoms with van der Waals surface area (Å²) in [6.45, 7) is 2.31. The summed E-state index contributed by atoms with van der Waals surface area (Å²) < 4.78 is 11.9. The standard InChI is InChI=1S/C12H14N4O4/c1-2-19-12(18)8-3-13-16-4-9-10(15-11(8)16)14-7(5-17)6-20-9/h3-4,7,17H,2,5-6H2,1H3,(H,14,15)/t7-/m1/s1. The second-order valence-electron chi connectivity index (χ2n) is 4.34. The van der Waals surface area contributed by atoms with Gasteiger partial charge in [0.15, 0.2) is 17.2 Å². The molecule has 0 aliphatic carbocycles. The van der Waals surface area contributed by atoms with Crippen molar-refractivity contribution in [3.8, 4) is 5.75 Å². The topological polar surface area (TPSA) is 98.0 Å². The molecule has 0 radical (unpaired) electrons. The van der Waals surface area contributed by atoms with E-state index in [-0.39, 0.29) is 19.3 Å². The molecule has 1 aliphatic rings. The fourth-order valence-corrected chi connectivity index (χ4v) is 1.98. The Balaban J connectivity index is 2.03. The summed E-state index contributed by atoms with van der Waals surface area (Å²) in [5.74, 6) is 0.542. The minimum absolute atomic E-state index is 0.0592. The molecule has 1 aliphatic heterocycles. The maximum atomic E-state index is 11.8. The van der Waals surface area contributed by atoms with Gasteiger partial charge in [-0.1, -0.05) is 0 Å². The molecule has 2 N–H and O–H groups in total. The van der Waals surface area contributed by atoms with Crippen LogP contribution in [-0.2, 0) is 4.74 Å². The van der Waals surface area contributed by atoms with E-state index >= 15 is 0 Å². The fraction of sp³-hybridized carbons (Fsp3) is 0.417. The van der Waals surface area contributed by atoms with Crippen molar-refractivity contribution >= 4 is 17.4 Å². The summed E-state index contributed by atoms with van der Waals surface area (Å²) in [7, 11) is 0. The van der Waals surface area contributed by atoms with Gasteiger partial charge in [-0.05, 0) is 6.92 Å². The summed E-state index contributed by atoms with van der Waals surface area (Å²) in [4.78, 5) is 16.1. The lowest BCUT2D eigenvalue weighted by Gasteiger charge is -2.24. The highest BCUT2D eigenvalue weighted by Gasteiger charge is 2.23. The molecular formula is C12H14N4O4. The average Bonchev–Trinajstić information content (AvgIpc) is 2.87. The number of esters is 1. The number of fused-ring (bicyclic) bond motifs is 2. The number of nitrogens with zero attached hydrogens (tertiary/aromatic N) is 3. The average molecular weight is 278 g/mol. The van der Waals surface area contributed by atoms with Crippen LogP contribution in [0.25, 0.3) is 5.65 Å². The Labute approximate surface area is 114 Å². The molecule has 2 aromatic rings. The third-order valence-corrected chi connectivity index (χ3v) is 2.96. The monoisotopic (exact) mass is 278 g/mol. The van der Waals surface area contributed by atoms with Gasteiger partial charge in [0.2, 0.25) is 0 Å². The molecule has 0 spiro atoms. The summed E-state index contributed by atoms with van der Waals surface area (Å²) in [6, 6.07) is -0.216. The van der Waals surface area contributed by atoms with Crippen LogP contribution in [0.4, 0.5) is 5.82 Å². The molecule has 0 saturated heterocycles. The van der Waals surface area contributed by atoms with Gasteiger partial charge in [-0.3, -0.25) is 0 Å². The van der Waals surface area contributed by atoms with Crippen molar-refractivity contribution in [1.29, 1.82) is 0 Å². The predicted molar refractivity (Wildman–Crippen MR) is 68.9 cm³/mol. The van der Waals surface area contributed by atoms with Gasteiger partial charge in [-0.15, -0.1) is 0 Å². The van der Waals surface area contributed by atoms with Crippen molar-refractivity contribution in [2.45, 2.75) is 13.0 Å². The minimum atomic E-state index is -0.467. The Morgan fingerprint density at radius 1 is 1.70 bits per heavy atom. The predicted octanol–water partition coefficient (Wildman–Crippen LogP) is 0.0712. The number of hydrogen-bond acceptors (Lipinski definition) is 7. The second-order valence-corrected chi connectivity index (χ2v) is 4.34. The van der Waals surface area contributed by atoms with Crippen LogP contribution in [0.5, 0.6) is 5.75 Å². The minimum Gasteiger partial charge on any atom is -0.486 e. The Kier molecular flexibility index (Phi) is 3.15. The van der Waals surface area contributed by atoms with Gasteiger partial charge >= 0.3 is 5.97 Å². The van der Waals surface area contributed by atoms with Crippen molar-refractivity contribution < 1.29 is 19.4 Å². The van der Waals surface area contributed by atoms with Crippen molar-refractivity contribution in [3.63, 3.8) is 0 Å². The molecule has 8 heteroatoms. The van der Waals surface area contributed by atoms with Crippen LogP contribution in [0.15, 0.2) is 12.4 Å². The van der Waals surface area contributed by atoms with Crippen LogP contribution in [0.3, 0.4) is 0 Å². The highest BCUT2D eigenvalue weighted by atomic mass is 16.5. The molecule has 106 valence electrons. The van der Waals surface area contributed by atoms with Gasteiger partial charge < -0.3 is 19.9 Å². The number of carbonyl (C=O) groups excluding carboxylic acids is 1. The molecule has 0 aromatic carbocycles. The highest BCUT2D eigenvalue weighted by Crippen LogP contribution is 2.27. The lowest BCUT2D eigenvalue weighted by Crippen LogP contribution is -2.35. The number of hydrogen-bond donors (Lipinski definition) is 2. The zero-order chi connectivity index (χ0) is 14.1. The molecule has 1 atom stereocenters. The van der Waals surface area contributed by atoms with Crippen LogP contribution < -0.4 is 10.1 Å². The summed E-state index contributed by atoms with van der Waals surface area (Å²) in [6.07, 6.45) is 3.05. The fourth-order valence-electron chi connectivity index (χ4n) is 1.98. The Hall–Kier alpha value is -2.35. The third-order valence-electron chi connectivity index (χ3n) is 2.96. The van der Waals surface area contributed by atoms with Gasteiger partial charge in [0.25, 0.3) is 0 Å². The first-order valence-electron chi connectivity index (χ1n) is 6.28. The van der Waals surface area contributed by atoms with E-state index in [4.69, 9.17) is 14.6 Å². The first-order chi connectivity index (χ1) is 9.72. The van der Waals surface area contributed by atoms with Gasteiger partial charge in [0, 0.05) is 0 Å². The number of carbonyl (C=O) groups is 1. The second kappa shape index (κ2) is 4.97. The van der Waals surface area contributed by atoms with E-state index in [2.05, 4.69) is 15.4 Å². The molecule has 2 aromatic heterocycles. The molecular weight excluding hydrogens is 264 g/mol. The number of ether oxygens (including phenoxy) is 2. The van der Waals surface area contributed by atoms with Gasteiger partial charge in [0.1, 0.15) is 12.2 Å². The van der Waals surface area contributed by atoms with Crippen molar-refractivity contribution in [2.24, 2.45) is 0 Å². The van der Waals surface area contributed by atoms with Gasteiger partial charge in [-0.2, -0.15) is 5.10 Å². The summed E-state index contributed by atoms with van der Waals surface area (Å²) in [5.41, 5.74) is 0.680. The quantitative estimate of drug-likeness (QED) is 0.767. The van der Waals surface area contributed by atoms with Crippen molar-refractivity contribution in [2.75, 3.05) is 25.1 Å². The maximum absolute atomic E-state index is 11.8. The molecule has 3 rings (SSSR count). The third kappa shape index (κ3) is 2.03. The number of aliphatic hydroxyl groups is 1. The van der Waals surface area contributed by atoms with Crippen LogP contribution in [0.1, 0.15) is 17.3 Å². The van der Waals surface area contributed by atoms with Gasteiger partial charge in [-0.25, -0.2) is 14.3 Å². The first kappa shape index (κ1) is 12.7. The zero-order valence-electron chi connectivity index (χ0n) is 10.9. The van der Waals surface area contributed by atoms with Crippen molar-refractivity contribution in [3.05, 3.63) is 18.0 Å². The number of anilines is 1. The smallest absolute Gasteiger partial charge is 0.343 e. The Morgan fingerprint density at radius 3 is 3.30 bits per heavy atom. The Bertz CT molecular complexity index is 654. The highest BCUT2D eigenvalue weighted by molar-refractivity contribution is 5.95. The number of aromatic nitrogens is 3. The lowest BCUT2D eigenvalue weighted by molar-refractivity contribution is 0.0528. The summed E-state index contributed by atoms with van der Waals surface area (Å²) in [5, 5.41) is 16.3. The van der Waals surface area contributed by atoms with E-state index in [0.29, 0.717) is 29.4 Å². The van der Waals surface area contributed by atoms with E-state index in [1.165, 1.54) is 10.7 Å². The molecule has 0 saturated carbocycles. The lowest BCUT2D eigenvalue weighted by atomic mass is 10.3. The SMILES string of the molecule is CCOC(=O)c1cnn2cc3c(nc12)N[C@H](CO)CO3. The van der Waals surface area contributed by atoms with Crippen LogP contribution in [0.2, 0.25) is 0 Å². The normalized spacial score (nSPS) is 17.2. The number of aliphatic hydroxyl groups excluding tert-OH is 1. The largest absolute Gasteiger partial charge is 0.486 e.